The van der Waals surface area contributed by atoms with Crippen molar-refractivity contribution in [2.24, 2.45) is 4.99 Å². The molecule has 0 aromatic heterocycles. The van der Waals surface area contributed by atoms with Gasteiger partial charge in [0.1, 0.15) is 0 Å². The number of allylic oxidation sites excluding steroid dienone is 1. The van der Waals surface area contributed by atoms with E-state index in [1.54, 1.807) is 11.8 Å². The standard InChI is InChI=1S/C14H18N2S/c1-11-10-14(2,3)15-13(17-11)16(4)12-8-6-5-7-9-12/h5-10H,1-4H3. The van der Waals surface area contributed by atoms with Crippen LogP contribution in [-0.2, 0) is 0 Å². The first-order valence-corrected chi connectivity index (χ1v) is 6.55. The molecule has 3 heteroatoms. The van der Waals surface area contributed by atoms with Gasteiger partial charge in [0, 0.05) is 12.7 Å². The van der Waals surface area contributed by atoms with Crippen LogP contribution in [0.1, 0.15) is 20.8 Å². The predicted octanol–water partition coefficient (Wildman–Crippen LogP) is 3.91. The van der Waals surface area contributed by atoms with Gasteiger partial charge in [0.25, 0.3) is 0 Å². The van der Waals surface area contributed by atoms with Gasteiger partial charge in [-0.2, -0.15) is 0 Å². The van der Waals surface area contributed by atoms with Crippen LogP contribution in [0.4, 0.5) is 5.69 Å². The first-order chi connectivity index (χ1) is 7.98. The molecule has 17 heavy (non-hydrogen) atoms. The second kappa shape index (κ2) is 4.57. The number of aliphatic imine (C=N–C) groups is 1. The maximum atomic E-state index is 4.77. The van der Waals surface area contributed by atoms with E-state index in [0.717, 1.165) is 5.17 Å². The zero-order valence-corrected chi connectivity index (χ0v) is 11.6. The van der Waals surface area contributed by atoms with Crippen molar-refractivity contribution >= 4 is 22.6 Å². The molecule has 2 rings (SSSR count). The zero-order chi connectivity index (χ0) is 12.5. The first-order valence-electron chi connectivity index (χ1n) is 5.74. The summed E-state index contributed by atoms with van der Waals surface area (Å²) in [6.45, 7) is 6.41. The summed E-state index contributed by atoms with van der Waals surface area (Å²) in [6.07, 6.45) is 2.21. The molecule has 1 aromatic carbocycles. The second-order valence-corrected chi connectivity index (χ2v) is 6.01. The Labute approximate surface area is 107 Å². The van der Waals surface area contributed by atoms with Crippen molar-refractivity contribution in [3.05, 3.63) is 41.3 Å². The summed E-state index contributed by atoms with van der Waals surface area (Å²) in [6, 6.07) is 10.3. The predicted molar refractivity (Wildman–Crippen MR) is 77.7 cm³/mol. The Morgan fingerprint density at radius 1 is 1.18 bits per heavy atom. The summed E-state index contributed by atoms with van der Waals surface area (Å²) in [5, 5.41) is 1.06. The van der Waals surface area contributed by atoms with Crippen molar-refractivity contribution in [2.45, 2.75) is 26.3 Å². The minimum atomic E-state index is -0.103. The molecular weight excluding hydrogens is 228 g/mol. The van der Waals surface area contributed by atoms with Crippen molar-refractivity contribution in [3.8, 4) is 0 Å². The Balaban J connectivity index is 2.27. The molecule has 1 heterocycles. The van der Waals surface area contributed by atoms with Crippen molar-refractivity contribution in [1.82, 2.24) is 0 Å². The summed E-state index contributed by atoms with van der Waals surface area (Å²) >= 11 is 1.73. The van der Waals surface area contributed by atoms with Gasteiger partial charge in [-0.15, -0.1) is 0 Å². The summed E-state index contributed by atoms with van der Waals surface area (Å²) < 4.78 is 0. The number of nitrogens with zero attached hydrogens (tertiary/aromatic N) is 2. The van der Waals surface area contributed by atoms with E-state index >= 15 is 0 Å². The maximum Gasteiger partial charge on any atom is 0.168 e. The Kier molecular flexibility index (Phi) is 3.29. The number of anilines is 1. The van der Waals surface area contributed by atoms with E-state index in [-0.39, 0.29) is 5.54 Å². The number of amidine groups is 1. The van der Waals surface area contributed by atoms with E-state index < -0.39 is 0 Å². The normalized spacial score (nSPS) is 18.4. The Bertz CT molecular complexity index is 460. The molecule has 0 amide bonds. The highest BCUT2D eigenvalue weighted by atomic mass is 32.2. The number of rotatable bonds is 1. The lowest BCUT2D eigenvalue weighted by atomic mass is 10.1. The SMILES string of the molecule is CC1=CC(C)(C)N=C(N(C)c2ccccc2)S1. The molecule has 90 valence electrons. The molecule has 0 unspecified atom stereocenters. The van der Waals surface area contributed by atoms with E-state index in [0.29, 0.717) is 0 Å². The molecule has 0 bridgehead atoms. The van der Waals surface area contributed by atoms with Gasteiger partial charge in [-0.05, 0) is 43.9 Å². The van der Waals surface area contributed by atoms with Crippen LogP contribution >= 0.6 is 11.8 Å². The summed E-state index contributed by atoms with van der Waals surface area (Å²) in [7, 11) is 2.07. The number of benzene rings is 1. The fraction of sp³-hybridized carbons (Fsp3) is 0.357. The van der Waals surface area contributed by atoms with Crippen molar-refractivity contribution in [1.29, 1.82) is 0 Å². The number of hydrogen-bond donors (Lipinski definition) is 0. The van der Waals surface area contributed by atoms with Crippen molar-refractivity contribution in [3.63, 3.8) is 0 Å². The van der Waals surface area contributed by atoms with E-state index in [4.69, 9.17) is 4.99 Å². The highest BCUT2D eigenvalue weighted by molar-refractivity contribution is 8.17. The fourth-order valence-corrected chi connectivity index (χ4v) is 3.04. The highest BCUT2D eigenvalue weighted by Crippen LogP contribution is 2.32. The summed E-state index contributed by atoms with van der Waals surface area (Å²) in [5.41, 5.74) is 1.07. The zero-order valence-electron chi connectivity index (χ0n) is 10.8. The minimum absolute atomic E-state index is 0.103. The lowest BCUT2D eigenvalue weighted by Gasteiger charge is -2.29. The van der Waals surface area contributed by atoms with Crippen LogP contribution in [0.3, 0.4) is 0 Å². The van der Waals surface area contributed by atoms with E-state index in [2.05, 4.69) is 50.9 Å². The van der Waals surface area contributed by atoms with Crippen LogP contribution in [0, 0.1) is 0 Å². The molecule has 1 aliphatic heterocycles. The third-order valence-electron chi connectivity index (χ3n) is 2.62. The van der Waals surface area contributed by atoms with Gasteiger partial charge in [-0.1, -0.05) is 30.0 Å². The molecule has 0 radical (unpaired) electrons. The Morgan fingerprint density at radius 3 is 2.41 bits per heavy atom. The van der Waals surface area contributed by atoms with Gasteiger partial charge in [-0.25, -0.2) is 0 Å². The minimum Gasteiger partial charge on any atom is -0.324 e. The lowest BCUT2D eigenvalue weighted by Crippen LogP contribution is -2.30. The van der Waals surface area contributed by atoms with E-state index in [1.165, 1.54) is 10.6 Å². The summed E-state index contributed by atoms with van der Waals surface area (Å²) in [4.78, 5) is 8.22. The topological polar surface area (TPSA) is 15.6 Å². The van der Waals surface area contributed by atoms with Crippen LogP contribution in [0.2, 0.25) is 0 Å². The molecule has 0 saturated heterocycles. The van der Waals surface area contributed by atoms with Crippen LogP contribution < -0.4 is 4.90 Å². The molecule has 0 saturated carbocycles. The third-order valence-corrected chi connectivity index (χ3v) is 3.61. The fourth-order valence-electron chi connectivity index (χ4n) is 1.88. The number of hydrogen-bond acceptors (Lipinski definition) is 3. The van der Waals surface area contributed by atoms with E-state index in [9.17, 15) is 0 Å². The van der Waals surface area contributed by atoms with Gasteiger partial charge in [0.15, 0.2) is 5.17 Å². The molecule has 0 aliphatic carbocycles. The van der Waals surface area contributed by atoms with Gasteiger partial charge in [0.2, 0.25) is 0 Å². The van der Waals surface area contributed by atoms with Gasteiger partial charge >= 0.3 is 0 Å². The molecule has 1 aromatic rings. The highest BCUT2D eigenvalue weighted by Gasteiger charge is 2.23. The molecule has 0 spiro atoms. The maximum absolute atomic E-state index is 4.77. The molecule has 1 aliphatic rings. The average molecular weight is 246 g/mol. The lowest BCUT2D eigenvalue weighted by molar-refractivity contribution is 0.654. The second-order valence-electron chi connectivity index (χ2n) is 4.80. The smallest absolute Gasteiger partial charge is 0.168 e. The average Bonchev–Trinajstić information content (AvgIpc) is 2.26. The van der Waals surface area contributed by atoms with E-state index in [1.807, 2.05) is 18.2 Å². The van der Waals surface area contributed by atoms with Crippen LogP contribution in [-0.4, -0.2) is 17.8 Å². The van der Waals surface area contributed by atoms with Gasteiger partial charge in [0.05, 0.1) is 5.54 Å². The van der Waals surface area contributed by atoms with Crippen molar-refractivity contribution < 1.29 is 0 Å². The Hall–Kier alpha value is -1.22. The largest absolute Gasteiger partial charge is 0.324 e. The van der Waals surface area contributed by atoms with Crippen LogP contribution in [0.5, 0.6) is 0 Å². The quantitative estimate of drug-likeness (QED) is 0.746. The Morgan fingerprint density at radius 2 is 1.82 bits per heavy atom. The van der Waals surface area contributed by atoms with Gasteiger partial charge in [-0.3, -0.25) is 4.99 Å². The molecule has 2 nitrogen and oxygen atoms in total. The summed E-state index contributed by atoms with van der Waals surface area (Å²) in [5.74, 6) is 0. The van der Waals surface area contributed by atoms with Gasteiger partial charge < -0.3 is 4.90 Å². The number of para-hydroxylation sites is 1. The third kappa shape index (κ3) is 2.91. The molecular formula is C14H18N2S. The first kappa shape index (κ1) is 12.2. The number of thioether (sulfide) groups is 1. The monoisotopic (exact) mass is 246 g/mol. The molecule has 0 fully saturated rings. The molecule has 0 N–H and O–H groups in total. The van der Waals surface area contributed by atoms with Crippen LogP contribution in [0.25, 0.3) is 0 Å². The van der Waals surface area contributed by atoms with Crippen LogP contribution in [0.15, 0.2) is 46.3 Å². The van der Waals surface area contributed by atoms with Crippen molar-refractivity contribution in [2.75, 3.05) is 11.9 Å². The molecule has 0 atom stereocenters.